The number of methoxy groups -OCH3 is 1. The fourth-order valence-corrected chi connectivity index (χ4v) is 2.42. The molecular weight excluding hydrogens is 246 g/mol. The van der Waals surface area contributed by atoms with Gasteiger partial charge >= 0.3 is 0 Å². The Bertz CT molecular complexity index is 656. The fraction of sp³-hybridized carbons (Fsp3) is 0.167. The van der Waals surface area contributed by atoms with E-state index < -0.39 is 0 Å². The van der Waals surface area contributed by atoms with Crippen LogP contribution in [0.3, 0.4) is 0 Å². The Kier molecular flexibility index (Phi) is 3.64. The van der Waals surface area contributed by atoms with Crippen molar-refractivity contribution in [3.8, 4) is 5.75 Å². The topological polar surface area (TPSA) is 21.6 Å². The molecule has 100 valence electrons. The third-order valence-electron chi connectivity index (χ3n) is 3.48. The Labute approximate surface area is 119 Å². The Morgan fingerprint density at radius 2 is 1.90 bits per heavy atom. The van der Waals surface area contributed by atoms with Gasteiger partial charge < -0.3 is 4.74 Å². The molecule has 0 saturated heterocycles. The molecule has 2 nitrogen and oxygen atoms in total. The molecule has 0 aromatic heterocycles. The molecule has 0 N–H and O–H groups in total. The van der Waals surface area contributed by atoms with E-state index in [4.69, 9.17) is 4.74 Å². The van der Waals surface area contributed by atoms with E-state index in [1.807, 2.05) is 24.3 Å². The van der Waals surface area contributed by atoms with Crippen LogP contribution in [0.2, 0.25) is 0 Å². The molecule has 0 atom stereocenters. The Morgan fingerprint density at radius 3 is 2.70 bits per heavy atom. The van der Waals surface area contributed by atoms with Crippen LogP contribution in [-0.4, -0.2) is 19.4 Å². The first-order chi connectivity index (χ1) is 9.86. The van der Waals surface area contributed by atoms with Gasteiger partial charge in [0.25, 0.3) is 0 Å². The van der Waals surface area contributed by atoms with Gasteiger partial charge in [0.15, 0.2) is 0 Å². The van der Waals surface area contributed by atoms with Gasteiger partial charge in [0.2, 0.25) is 0 Å². The number of hydrogen-bond acceptors (Lipinski definition) is 2. The predicted molar refractivity (Wildman–Crippen MR) is 83.6 cm³/mol. The molecule has 3 rings (SSSR count). The van der Waals surface area contributed by atoms with Crippen molar-refractivity contribution >= 4 is 11.8 Å². The fourth-order valence-electron chi connectivity index (χ4n) is 2.42. The zero-order valence-corrected chi connectivity index (χ0v) is 11.5. The molecule has 0 aliphatic carbocycles. The summed E-state index contributed by atoms with van der Waals surface area (Å²) in [5.74, 6) is 0.914. The first kappa shape index (κ1) is 12.7. The van der Waals surface area contributed by atoms with E-state index in [0.29, 0.717) is 0 Å². The summed E-state index contributed by atoms with van der Waals surface area (Å²) < 4.78 is 5.29. The van der Waals surface area contributed by atoms with Crippen molar-refractivity contribution in [1.29, 1.82) is 0 Å². The molecule has 0 unspecified atom stereocenters. The number of fused-ring (bicyclic) bond motifs is 1. The molecule has 2 aromatic rings. The molecule has 1 aliphatic heterocycles. The number of aliphatic imine (C=N–C) groups is 1. The van der Waals surface area contributed by atoms with Gasteiger partial charge in [-0.05, 0) is 41.8 Å². The van der Waals surface area contributed by atoms with Crippen molar-refractivity contribution in [3.05, 3.63) is 71.3 Å². The van der Waals surface area contributed by atoms with E-state index in [1.54, 1.807) is 7.11 Å². The SMILES string of the molecule is COc1ccc2c(c1)CCN=C2/C=C/c1ccccc1. The molecule has 0 bridgehead atoms. The monoisotopic (exact) mass is 263 g/mol. The number of benzene rings is 2. The average molecular weight is 263 g/mol. The van der Waals surface area contributed by atoms with E-state index in [1.165, 1.54) is 16.7 Å². The summed E-state index contributed by atoms with van der Waals surface area (Å²) in [5, 5.41) is 0. The van der Waals surface area contributed by atoms with Crippen LogP contribution < -0.4 is 4.74 Å². The average Bonchev–Trinajstić information content (AvgIpc) is 2.53. The first-order valence-corrected chi connectivity index (χ1v) is 6.82. The minimum Gasteiger partial charge on any atom is -0.497 e. The van der Waals surface area contributed by atoms with Gasteiger partial charge in [-0.2, -0.15) is 0 Å². The van der Waals surface area contributed by atoms with E-state index in [9.17, 15) is 0 Å². The van der Waals surface area contributed by atoms with Gasteiger partial charge in [-0.1, -0.05) is 36.4 Å². The highest BCUT2D eigenvalue weighted by molar-refractivity contribution is 6.12. The van der Waals surface area contributed by atoms with Gasteiger partial charge in [-0.3, -0.25) is 4.99 Å². The second-order valence-corrected chi connectivity index (χ2v) is 4.78. The van der Waals surface area contributed by atoms with Crippen LogP contribution in [0.15, 0.2) is 59.6 Å². The summed E-state index contributed by atoms with van der Waals surface area (Å²) in [6.45, 7) is 0.842. The van der Waals surface area contributed by atoms with Crippen LogP contribution in [0.4, 0.5) is 0 Å². The Balaban J connectivity index is 1.89. The van der Waals surface area contributed by atoms with Crippen molar-refractivity contribution < 1.29 is 4.74 Å². The van der Waals surface area contributed by atoms with Crippen molar-refractivity contribution in [3.63, 3.8) is 0 Å². The third kappa shape index (κ3) is 2.64. The number of nitrogens with zero attached hydrogens (tertiary/aromatic N) is 1. The molecule has 1 heterocycles. The lowest BCUT2D eigenvalue weighted by atomic mass is 9.96. The molecule has 2 aromatic carbocycles. The van der Waals surface area contributed by atoms with Crippen LogP contribution in [0.1, 0.15) is 16.7 Å². The minimum atomic E-state index is 0.842. The Morgan fingerprint density at radius 1 is 1.05 bits per heavy atom. The number of rotatable bonds is 3. The predicted octanol–water partition coefficient (Wildman–Crippen LogP) is 3.75. The second-order valence-electron chi connectivity index (χ2n) is 4.78. The summed E-state index contributed by atoms with van der Waals surface area (Å²) in [4.78, 5) is 4.63. The smallest absolute Gasteiger partial charge is 0.119 e. The van der Waals surface area contributed by atoms with Gasteiger partial charge in [0.05, 0.1) is 12.8 Å². The lowest BCUT2D eigenvalue weighted by Gasteiger charge is -2.15. The second kappa shape index (κ2) is 5.74. The quantitative estimate of drug-likeness (QED) is 0.826. The van der Waals surface area contributed by atoms with Gasteiger partial charge in [0.1, 0.15) is 5.75 Å². The maximum atomic E-state index is 5.29. The molecule has 2 heteroatoms. The largest absolute Gasteiger partial charge is 0.497 e. The van der Waals surface area contributed by atoms with Crippen molar-refractivity contribution in [1.82, 2.24) is 0 Å². The number of hydrogen-bond donors (Lipinski definition) is 0. The maximum absolute atomic E-state index is 5.29. The highest BCUT2D eigenvalue weighted by Crippen LogP contribution is 2.22. The van der Waals surface area contributed by atoms with Crippen molar-refractivity contribution in [2.75, 3.05) is 13.7 Å². The number of ether oxygens (including phenoxy) is 1. The van der Waals surface area contributed by atoms with E-state index in [2.05, 4.69) is 41.4 Å². The van der Waals surface area contributed by atoms with Gasteiger partial charge in [-0.15, -0.1) is 0 Å². The van der Waals surface area contributed by atoms with E-state index in [-0.39, 0.29) is 0 Å². The maximum Gasteiger partial charge on any atom is 0.119 e. The molecule has 0 amide bonds. The third-order valence-corrected chi connectivity index (χ3v) is 3.48. The highest BCUT2D eigenvalue weighted by atomic mass is 16.5. The minimum absolute atomic E-state index is 0.842. The van der Waals surface area contributed by atoms with Crippen LogP contribution in [0.25, 0.3) is 6.08 Å². The summed E-state index contributed by atoms with van der Waals surface area (Å²) in [7, 11) is 1.70. The van der Waals surface area contributed by atoms with Gasteiger partial charge in [0, 0.05) is 12.1 Å². The zero-order chi connectivity index (χ0) is 13.8. The van der Waals surface area contributed by atoms with E-state index >= 15 is 0 Å². The van der Waals surface area contributed by atoms with Gasteiger partial charge in [-0.25, -0.2) is 0 Å². The summed E-state index contributed by atoms with van der Waals surface area (Å²) in [5.41, 5.74) is 4.77. The molecule has 1 aliphatic rings. The van der Waals surface area contributed by atoms with Crippen LogP contribution in [-0.2, 0) is 6.42 Å². The molecule has 0 saturated carbocycles. The summed E-state index contributed by atoms with van der Waals surface area (Å²) >= 11 is 0. The summed E-state index contributed by atoms with van der Waals surface area (Å²) in [6, 6.07) is 16.5. The van der Waals surface area contributed by atoms with Crippen LogP contribution in [0.5, 0.6) is 5.75 Å². The normalized spacial score (nSPS) is 13.9. The molecule has 20 heavy (non-hydrogen) atoms. The van der Waals surface area contributed by atoms with Crippen LogP contribution >= 0.6 is 0 Å². The molecule has 0 fully saturated rings. The zero-order valence-electron chi connectivity index (χ0n) is 11.5. The molecule has 0 spiro atoms. The molecule has 0 radical (unpaired) electrons. The molecular formula is C18H17NO. The standard InChI is InChI=1S/C18H17NO/c1-20-16-8-9-17-15(13-16)11-12-19-18(17)10-7-14-5-3-2-4-6-14/h2-10,13H,11-12H2,1H3/b10-7+. The van der Waals surface area contributed by atoms with Crippen molar-refractivity contribution in [2.45, 2.75) is 6.42 Å². The lowest BCUT2D eigenvalue weighted by molar-refractivity contribution is 0.414. The van der Waals surface area contributed by atoms with Crippen molar-refractivity contribution in [2.24, 2.45) is 4.99 Å². The first-order valence-electron chi connectivity index (χ1n) is 6.82. The summed E-state index contributed by atoms with van der Waals surface area (Å²) in [6.07, 6.45) is 5.19. The Hall–Kier alpha value is -2.35. The van der Waals surface area contributed by atoms with Crippen LogP contribution in [0, 0.1) is 0 Å². The lowest BCUT2D eigenvalue weighted by Crippen LogP contribution is -2.10. The number of allylic oxidation sites excluding steroid dienone is 1. The highest BCUT2D eigenvalue weighted by Gasteiger charge is 2.12. The van der Waals surface area contributed by atoms with E-state index in [0.717, 1.165) is 24.4 Å².